The third kappa shape index (κ3) is 4.04. The number of carboxylic acids is 1. The van der Waals surface area contributed by atoms with Crippen LogP contribution in [0.25, 0.3) is 0 Å². The molecule has 0 spiro atoms. The SMILES string of the molecule is CCCC(C)(C)C1=NC(C(=O)O)(C(C)(C)CCC)N=C1C(C)(C)CCC. The van der Waals surface area contributed by atoms with Crippen molar-refractivity contribution in [2.75, 3.05) is 0 Å². The maximum Gasteiger partial charge on any atom is 0.354 e. The van der Waals surface area contributed by atoms with Crippen LogP contribution in [0.4, 0.5) is 0 Å². The van der Waals surface area contributed by atoms with Crippen molar-refractivity contribution in [2.24, 2.45) is 26.2 Å². The Kier molecular flexibility index (Phi) is 6.87. The first-order valence-electron chi connectivity index (χ1n) is 10.3. The number of aliphatic carboxylic acids is 1. The van der Waals surface area contributed by atoms with Crippen LogP contribution in [0.15, 0.2) is 9.98 Å². The second kappa shape index (κ2) is 7.82. The van der Waals surface area contributed by atoms with Gasteiger partial charge in [0.05, 0.1) is 11.4 Å². The van der Waals surface area contributed by atoms with Gasteiger partial charge in [0.15, 0.2) is 0 Å². The lowest BCUT2D eigenvalue weighted by Gasteiger charge is -2.36. The highest BCUT2D eigenvalue weighted by molar-refractivity contribution is 6.47. The van der Waals surface area contributed by atoms with Gasteiger partial charge in [-0.3, -0.25) is 0 Å². The number of carbonyl (C=O) groups is 1. The summed E-state index contributed by atoms with van der Waals surface area (Å²) in [6.45, 7) is 19.1. The summed E-state index contributed by atoms with van der Waals surface area (Å²) in [6, 6.07) is 0. The smallest absolute Gasteiger partial charge is 0.354 e. The Balaban J connectivity index is 3.71. The molecular weight excluding hydrogens is 324 g/mol. The van der Waals surface area contributed by atoms with Crippen molar-refractivity contribution < 1.29 is 9.90 Å². The van der Waals surface area contributed by atoms with Crippen LogP contribution in [0, 0.1) is 16.2 Å². The lowest BCUT2D eigenvalue weighted by atomic mass is 9.72. The normalized spacial score (nSPS) is 17.9. The van der Waals surface area contributed by atoms with E-state index in [0.29, 0.717) is 0 Å². The fourth-order valence-corrected chi connectivity index (χ4v) is 4.37. The minimum absolute atomic E-state index is 0.182. The van der Waals surface area contributed by atoms with Gasteiger partial charge in [0.1, 0.15) is 0 Å². The number of aliphatic imine (C=N–C) groups is 2. The Labute approximate surface area is 160 Å². The molecule has 0 aromatic rings. The molecule has 1 N–H and O–H groups in total. The van der Waals surface area contributed by atoms with E-state index in [1.165, 1.54) is 0 Å². The van der Waals surface area contributed by atoms with Gasteiger partial charge in [-0.1, -0.05) is 81.6 Å². The average Bonchev–Trinajstić information content (AvgIpc) is 2.91. The van der Waals surface area contributed by atoms with E-state index in [2.05, 4.69) is 48.5 Å². The van der Waals surface area contributed by atoms with Crippen LogP contribution >= 0.6 is 0 Å². The summed E-state index contributed by atoms with van der Waals surface area (Å²) in [6.07, 6.45) is 5.69. The molecule has 0 bridgehead atoms. The van der Waals surface area contributed by atoms with E-state index in [4.69, 9.17) is 9.98 Å². The van der Waals surface area contributed by atoms with Crippen molar-refractivity contribution in [3.63, 3.8) is 0 Å². The van der Waals surface area contributed by atoms with Gasteiger partial charge in [-0.25, -0.2) is 14.8 Å². The number of hydrogen-bond acceptors (Lipinski definition) is 3. The highest BCUT2D eigenvalue weighted by Gasteiger charge is 2.57. The van der Waals surface area contributed by atoms with Crippen LogP contribution in [0.2, 0.25) is 0 Å². The Hall–Kier alpha value is -1.19. The van der Waals surface area contributed by atoms with Gasteiger partial charge in [0.2, 0.25) is 0 Å². The van der Waals surface area contributed by atoms with Crippen molar-refractivity contribution >= 4 is 17.4 Å². The molecule has 26 heavy (non-hydrogen) atoms. The number of rotatable bonds is 10. The molecule has 0 aliphatic carbocycles. The van der Waals surface area contributed by atoms with Gasteiger partial charge in [-0.15, -0.1) is 0 Å². The molecule has 0 atom stereocenters. The molecule has 1 aliphatic heterocycles. The molecule has 0 radical (unpaired) electrons. The van der Waals surface area contributed by atoms with Gasteiger partial charge in [0, 0.05) is 16.2 Å². The first-order valence-corrected chi connectivity index (χ1v) is 10.3. The Morgan fingerprint density at radius 2 is 1.15 bits per heavy atom. The van der Waals surface area contributed by atoms with Crippen LogP contribution in [0.5, 0.6) is 0 Å². The third-order valence-corrected chi connectivity index (χ3v) is 5.92. The predicted molar refractivity (Wildman–Crippen MR) is 111 cm³/mol. The molecule has 0 unspecified atom stereocenters. The van der Waals surface area contributed by atoms with E-state index in [9.17, 15) is 9.90 Å². The van der Waals surface area contributed by atoms with E-state index in [1.807, 2.05) is 13.8 Å². The van der Waals surface area contributed by atoms with Gasteiger partial charge < -0.3 is 5.11 Å². The Bertz CT molecular complexity index is 549. The molecule has 1 heterocycles. The van der Waals surface area contributed by atoms with Crippen molar-refractivity contribution in [2.45, 2.75) is 107 Å². The summed E-state index contributed by atoms with van der Waals surface area (Å²) in [5, 5.41) is 10.2. The van der Waals surface area contributed by atoms with E-state index in [1.54, 1.807) is 0 Å². The summed E-state index contributed by atoms with van der Waals surface area (Å²) in [5.41, 5.74) is -0.501. The monoisotopic (exact) mass is 364 g/mol. The summed E-state index contributed by atoms with van der Waals surface area (Å²) in [4.78, 5) is 22.4. The fraction of sp³-hybridized carbons (Fsp3) is 0.864. The Morgan fingerprint density at radius 1 is 0.808 bits per heavy atom. The fourth-order valence-electron chi connectivity index (χ4n) is 4.37. The molecule has 150 valence electrons. The number of nitrogens with zero attached hydrogens (tertiary/aromatic N) is 2. The van der Waals surface area contributed by atoms with Gasteiger partial charge >= 0.3 is 5.97 Å². The molecule has 0 saturated heterocycles. The van der Waals surface area contributed by atoms with Crippen LogP contribution in [0.1, 0.15) is 101 Å². The zero-order valence-corrected chi connectivity index (χ0v) is 18.5. The maximum atomic E-state index is 12.5. The lowest BCUT2D eigenvalue weighted by Crippen LogP contribution is -2.47. The predicted octanol–water partition coefficient (Wildman–Crippen LogP) is 6.14. The van der Waals surface area contributed by atoms with Crippen LogP contribution in [0.3, 0.4) is 0 Å². The molecule has 1 aliphatic rings. The molecule has 1 rings (SSSR count). The molecule has 0 saturated carbocycles. The van der Waals surface area contributed by atoms with E-state index >= 15 is 0 Å². The summed E-state index contributed by atoms with van der Waals surface area (Å²) in [5.74, 6) is -0.928. The van der Waals surface area contributed by atoms with E-state index in [0.717, 1.165) is 49.9 Å². The zero-order valence-electron chi connectivity index (χ0n) is 18.5. The third-order valence-electron chi connectivity index (χ3n) is 5.92. The largest absolute Gasteiger partial charge is 0.478 e. The topological polar surface area (TPSA) is 62.0 Å². The summed E-state index contributed by atoms with van der Waals surface area (Å²) >= 11 is 0. The second-order valence-electron chi connectivity index (χ2n) is 9.80. The average molecular weight is 365 g/mol. The standard InChI is InChI=1S/C22H40N2O2/c1-10-13-19(4,5)16-17(20(6,7)14-11-2)24-22(23-16,18(25)26)21(8,9)15-12-3/h10-15H2,1-9H3,(H,25,26). The van der Waals surface area contributed by atoms with Gasteiger partial charge in [0.25, 0.3) is 5.66 Å². The highest BCUT2D eigenvalue weighted by atomic mass is 16.4. The van der Waals surface area contributed by atoms with E-state index in [-0.39, 0.29) is 10.8 Å². The van der Waals surface area contributed by atoms with Gasteiger partial charge in [-0.05, 0) is 19.3 Å². The first-order chi connectivity index (χ1) is 11.8. The summed E-state index contributed by atoms with van der Waals surface area (Å²) < 4.78 is 0. The lowest BCUT2D eigenvalue weighted by molar-refractivity contribution is -0.147. The first kappa shape index (κ1) is 22.9. The number of hydrogen-bond donors (Lipinski definition) is 1. The quantitative estimate of drug-likeness (QED) is 0.506. The molecule has 4 nitrogen and oxygen atoms in total. The van der Waals surface area contributed by atoms with Crippen molar-refractivity contribution in [1.82, 2.24) is 0 Å². The molecule has 0 aromatic heterocycles. The van der Waals surface area contributed by atoms with Gasteiger partial charge in [-0.2, -0.15) is 0 Å². The van der Waals surface area contributed by atoms with Crippen LogP contribution < -0.4 is 0 Å². The summed E-state index contributed by atoms with van der Waals surface area (Å²) in [7, 11) is 0. The van der Waals surface area contributed by atoms with Crippen molar-refractivity contribution in [1.29, 1.82) is 0 Å². The molecule has 0 fully saturated rings. The highest BCUT2D eigenvalue weighted by Crippen LogP contribution is 2.47. The maximum absolute atomic E-state index is 12.5. The molecule has 0 amide bonds. The van der Waals surface area contributed by atoms with Crippen LogP contribution in [-0.4, -0.2) is 28.2 Å². The minimum Gasteiger partial charge on any atom is -0.478 e. The van der Waals surface area contributed by atoms with Crippen molar-refractivity contribution in [3.05, 3.63) is 0 Å². The molecule has 4 heteroatoms. The minimum atomic E-state index is -1.41. The van der Waals surface area contributed by atoms with Crippen molar-refractivity contribution in [3.8, 4) is 0 Å². The Morgan fingerprint density at radius 3 is 1.42 bits per heavy atom. The van der Waals surface area contributed by atoms with E-state index < -0.39 is 17.0 Å². The van der Waals surface area contributed by atoms with Crippen LogP contribution in [-0.2, 0) is 4.79 Å². The molecular formula is C22H40N2O2. The number of carboxylic acid groups (broad SMARTS) is 1. The zero-order chi connectivity index (χ0) is 20.4. The second-order valence-corrected chi connectivity index (χ2v) is 9.80. The molecule has 0 aromatic carbocycles.